The first-order chi connectivity index (χ1) is 8.84. The maximum absolute atomic E-state index is 13.0. The summed E-state index contributed by atoms with van der Waals surface area (Å²) < 4.78 is 44.6. The molecule has 1 rings (SSSR count). The molecule has 0 fully saturated rings. The number of methoxy groups -OCH3 is 1. The molecule has 1 unspecified atom stereocenters. The summed E-state index contributed by atoms with van der Waals surface area (Å²) in [4.78, 5) is 0.0544. The molecular formula is C12H17BrFNO3S. The van der Waals surface area contributed by atoms with Crippen LogP contribution in [0.3, 0.4) is 0 Å². The molecule has 0 aliphatic heterocycles. The lowest BCUT2D eigenvalue weighted by atomic mass is 10.3. The maximum atomic E-state index is 13.0. The van der Waals surface area contributed by atoms with E-state index in [0.29, 0.717) is 13.2 Å². The van der Waals surface area contributed by atoms with Gasteiger partial charge in [-0.3, -0.25) is 0 Å². The first-order valence-corrected chi connectivity index (χ1v) is 8.03. The second kappa shape index (κ2) is 6.78. The van der Waals surface area contributed by atoms with Gasteiger partial charge in [0, 0.05) is 24.2 Å². The molecule has 0 N–H and O–H groups in total. The van der Waals surface area contributed by atoms with E-state index in [0.717, 1.165) is 12.1 Å². The zero-order valence-corrected chi connectivity index (χ0v) is 13.5. The van der Waals surface area contributed by atoms with E-state index in [-0.39, 0.29) is 15.4 Å². The van der Waals surface area contributed by atoms with Crippen molar-refractivity contribution in [3.05, 3.63) is 28.5 Å². The molecule has 0 aliphatic carbocycles. The van der Waals surface area contributed by atoms with Crippen LogP contribution in [-0.2, 0) is 14.8 Å². The SMILES string of the molecule is CCN(C(C)COC)S(=O)(=O)c1ccc(F)cc1Br. The van der Waals surface area contributed by atoms with Crippen LogP contribution in [0.4, 0.5) is 4.39 Å². The van der Waals surface area contributed by atoms with Gasteiger partial charge in [0.2, 0.25) is 10.0 Å². The highest BCUT2D eigenvalue weighted by Crippen LogP contribution is 2.26. The molecule has 1 aromatic carbocycles. The van der Waals surface area contributed by atoms with Crippen LogP contribution < -0.4 is 0 Å². The summed E-state index contributed by atoms with van der Waals surface area (Å²) in [5.41, 5.74) is 0. The smallest absolute Gasteiger partial charge is 0.244 e. The van der Waals surface area contributed by atoms with Crippen LogP contribution in [0.5, 0.6) is 0 Å². The van der Waals surface area contributed by atoms with Crippen molar-refractivity contribution in [1.82, 2.24) is 4.31 Å². The van der Waals surface area contributed by atoms with E-state index in [9.17, 15) is 12.8 Å². The van der Waals surface area contributed by atoms with Crippen LogP contribution >= 0.6 is 15.9 Å². The van der Waals surface area contributed by atoms with Gasteiger partial charge in [0.25, 0.3) is 0 Å². The monoisotopic (exact) mass is 353 g/mol. The van der Waals surface area contributed by atoms with E-state index < -0.39 is 15.8 Å². The van der Waals surface area contributed by atoms with E-state index in [1.165, 1.54) is 17.5 Å². The van der Waals surface area contributed by atoms with E-state index >= 15 is 0 Å². The third kappa shape index (κ3) is 3.75. The first kappa shape index (κ1) is 16.6. The Kier molecular flexibility index (Phi) is 5.91. The number of benzene rings is 1. The first-order valence-electron chi connectivity index (χ1n) is 5.80. The fourth-order valence-corrected chi connectivity index (χ4v) is 4.49. The summed E-state index contributed by atoms with van der Waals surface area (Å²) in [6.45, 7) is 4.13. The molecular weight excluding hydrogens is 337 g/mol. The predicted octanol–water partition coefficient (Wildman–Crippen LogP) is 2.63. The molecule has 0 aliphatic rings. The molecule has 0 bridgehead atoms. The highest BCUT2D eigenvalue weighted by atomic mass is 79.9. The van der Waals surface area contributed by atoms with Gasteiger partial charge in [-0.2, -0.15) is 4.31 Å². The standard InChI is InChI=1S/C12H17BrFNO3S/c1-4-15(9(2)8-18-3)19(16,17)12-6-5-10(14)7-11(12)13/h5-7,9H,4,8H2,1-3H3. The van der Waals surface area contributed by atoms with Crippen LogP contribution in [0.2, 0.25) is 0 Å². The zero-order chi connectivity index (χ0) is 14.6. The molecule has 19 heavy (non-hydrogen) atoms. The fourth-order valence-electron chi connectivity index (χ4n) is 1.85. The Morgan fingerprint density at radius 3 is 2.58 bits per heavy atom. The predicted molar refractivity (Wildman–Crippen MR) is 75.0 cm³/mol. The number of hydrogen-bond acceptors (Lipinski definition) is 3. The van der Waals surface area contributed by atoms with E-state index in [1.54, 1.807) is 13.8 Å². The second-order valence-corrected chi connectivity index (χ2v) is 6.80. The Labute approximate surface area is 121 Å². The van der Waals surface area contributed by atoms with Gasteiger partial charge in [-0.15, -0.1) is 0 Å². The molecule has 0 amide bonds. The third-order valence-electron chi connectivity index (χ3n) is 2.69. The number of ether oxygens (including phenoxy) is 1. The van der Waals surface area contributed by atoms with Gasteiger partial charge in [0.05, 0.1) is 11.5 Å². The van der Waals surface area contributed by atoms with E-state index in [1.807, 2.05) is 0 Å². The fraction of sp³-hybridized carbons (Fsp3) is 0.500. The average Bonchev–Trinajstić information content (AvgIpc) is 2.28. The van der Waals surface area contributed by atoms with E-state index in [4.69, 9.17) is 4.74 Å². The quantitative estimate of drug-likeness (QED) is 0.789. The number of halogens is 2. The summed E-state index contributed by atoms with van der Waals surface area (Å²) in [6.07, 6.45) is 0. The molecule has 1 aromatic rings. The zero-order valence-electron chi connectivity index (χ0n) is 11.1. The van der Waals surface area contributed by atoms with Crippen LogP contribution in [-0.4, -0.2) is 39.0 Å². The maximum Gasteiger partial charge on any atom is 0.244 e. The molecule has 0 radical (unpaired) electrons. The van der Waals surface area contributed by atoms with Crippen LogP contribution in [0, 0.1) is 5.82 Å². The molecule has 0 aromatic heterocycles. The Hall–Kier alpha value is -0.500. The molecule has 0 saturated heterocycles. The van der Waals surface area contributed by atoms with Crippen molar-refractivity contribution >= 4 is 26.0 Å². The van der Waals surface area contributed by atoms with Gasteiger partial charge in [-0.1, -0.05) is 6.92 Å². The van der Waals surface area contributed by atoms with Gasteiger partial charge in [0.1, 0.15) is 5.82 Å². The molecule has 0 heterocycles. The Morgan fingerprint density at radius 2 is 2.11 bits per heavy atom. The van der Waals surface area contributed by atoms with Gasteiger partial charge in [-0.05, 0) is 41.1 Å². The largest absolute Gasteiger partial charge is 0.383 e. The van der Waals surface area contributed by atoms with Crippen LogP contribution in [0.1, 0.15) is 13.8 Å². The third-order valence-corrected chi connectivity index (χ3v) is 5.76. The topological polar surface area (TPSA) is 46.6 Å². The molecule has 0 spiro atoms. The van der Waals surface area contributed by atoms with E-state index in [2.05, 4.69) is 15.9 Å². The lowest BCUT2D eigenvalue weighted by Crippen LogP contribution is -2.40. The highest BCUT2D eigenvalue weighted by Gasteiger charge is 2.29. The number of hydrogen-bond donors (Lipinski definition) is 0. The van der Waals surface area contributed by atoms with Crippen molar-refractivity contribution in [1.29, 1.82) is 0 Å². The number of rotatable bonds is 6. The number of sulfonamides is 1. The van der Waals surface area contributed by atoms with Gasteiger partial charge in [-0.25, -0.2) is 12.8 Å². The van der Waals surface area contributed by atoms with Crippen molar-refractivity contribution in [2.24, 2.45) is 0 Å². The van der Waals surface area contributed by atoms with Gasteiger partial charge in [0.15, 0.2) is 0 Å². The normalized spacial score (nSPS) is 13.8. The highest BCUT2D eigenvalue weighted by molar-refractivity contribution is 9.10. The second-order valence-electron chi connectivity index (χ2n) is 4.09. The van der Waals surface area contributed by atoms with Crippen LogP contribution in [0.15, 0.2) is 27.6 Å². The summed E-state index contributed by atoms with van der Waals surface area (Å²) in [5.74, 6) is -0.487. The van der Waals surface area contributed by atoms with Crippen molar-refractivity contribution < 1.29 is 17.5 Å². The summed E-state index contributed by atoms with van der Waals surface area (Å²) in [6, 6.07) is 3.24. The van der Waals surface area contributed by atoms with Crippen molar-refractivity contribution in [3.8, 4) is 0 Å². The number of likely N-dealkylation sites (N-methyl/N-ethyl adjacent to an activating group) is 1. The Bertz CT molecular complexity index is 536. The molecule has 4 nitrogen and oxygen atoms in total. The minimum atomic E-state index is -3.68. The molecule has 7 heteroatoms. The Balaban J connectivity index is 3.20. The summed E-state index contributed by atoms with van der Waals surface area (Å²) in [5, 5.41) is 0. The van der Waals surface area contributed by atoms with Gasteiger partial charge < -0.3 is 4.74 Å². The molecule has 1 atom stereocenters. The Morgan fingerprint density at radius 1 is 1.47 bits per heavy atom. The van der Waals surface area contributed by atoms with Crippen molar-refractivity contribution in [2.75, 3.05) is 20.3 Å². The van der Waals surface area contributed by atoms with Crippen molar-refractivity contribution in [2.45, 2.75) is 24.8 Å². The molecule has 0 saturated carbocycles. The lowest BCUT2D eigenvalue weighted by Gasteiger charge is -2.27. The number of nitrogens with zero attached hydrogens (tertiary/aromatic N) is 1. The minimum Gasteiger partial charge on any atom is -0.383 e. The minimum absolute atomic E-state index is 0.0544. The van der Waals surface area contributed by atoms with Gasteiger partial charge >= 0.3 is 0 Å². The lowest BCUT2D eigenvalue weighted by molar-refractivity contribution is 0.142. The summed E-state index contributed by atoms with van der Waals surface area (Å²) in [7, 11) is -2.16. The van der Waals surface area contributed by atoms with Crippen LogP contribution in [0.25, 0.3) is 0 Å². The average molecular weight is 354 g/mol. The molecule has 108 valence electrons. The summed E-state index contributed by atoms with van der Waals surface area (Å²) >= 11 is 3.09. The van der Waals surface area contributed by atoms with Crippen molar-refractivity contribution in [3.63, 3.8) is 0 Å².